The van der Waals surface area contributed by atoms with Gasteiger partial charge in [0.2, 0.25) is 0 Å². The van der Waals surface area contributed by atoms with Gasteiger partial charge in [-0.15, -0.1) is 0 Å². The Hall–Kier alpha value is -0.220. The second-order valence-electron chi connectivity index (χ2n) is 4.50. The molecule has 15 heavy (non-hydrogen) atoms. The molecular formula is C11H20O3S. The first kappa shape index (κ1) is 12.8. The third kappa shape index (κ3) is 4.03. The minimum Gasteiger partial charge on any atom is -0.469 e. The fourth-order valence-electron chi connectivity index (χ4n) is 1.50. The molecule has 4 heteroatoms. The van der Waals surface area contributed by atoms with Crippen molar-refractivity contribution < 1.29 is 14.3 Å². The van der Waals surface area contributed by atoms with Crippen molar-refractivity contribution in [1.82, 2.24) is 0 Å². The molecule has 1 fully saturated rings. The van der Waals surface area contributed by atoms with E-state index in [-0.39, 0.29) is 11.4 Å². The van der Waals surface area contributed by atoms with E-state index < -0.39 is 0 Å². The maximum atomic E-state index is 11.4. The van der Waals surface area contributed by atoms with Crippen LogP contribution in [0.1, 0.15) is 26.7 Å². The lowest BCUT2D eigenvalue weighted by Crippen LogP contribution is -2.30. The van der Waals surface area contributed by atoms with Crippen molar-refractivity contribution in [3.05, 3.63) is 0 Å². The van der Waals surface area contributed by atoms with E-state index in [0.717, 1.165) is 31.8 Å². The van der Waals surface area contributed by atoms with Gasteiger partial charge in [0.25, 0.3) is 0 Å². The normalized spacial score (nSPS) is 18.9. The first-order valence-electron chi connectivity index (χ1n) is 5.34. The Kier molecular flexibility index (Phi) is 4.93. The summed E-state index contributed by atoms with van der Waals surface area (Å²) < 4.78 is 10.1. The lowest BCUT2D eigenvalue weighted by atomic mass is 9.97. The van der Waals surface area contributed by atoms with E-state index in [1.807, 2.05) is 25.6 Å². The molecule has 1 rings (SSSR count). The molecule has 0 unspecified atom stereocenters. The van der Waals surface area contributed by atoms with Gasteiger partial charge in [-0.25, -0.2) is 0 Å². The summed E-state index contributed by atoms with van der Waals surface area (Å²) in [6.45, 7) is 5.59. The molecule has 1 heterocycles. The minimum atomic E-state index is -0.377. The first-order chi connectivity index (χ1) is 7.06. The summed E-state index contributed by atoms with van der Waals surface area (Å²) in [5.74, 6) is 0.701. The molecule has 0 bridgehead atoms. The zero-order chi connectivity index (χ0) is 11.3. The smallest absolute Gasteiger partial charge is 0.312 e. The van der Waals surface area contributed by atoms with E-state index in [2.05, 4.69) is 0 Å². The van der Waals surface area contributed by atoms with Crippen LogP contribution in [-0.4, -0.2) is 37.3 Å². The number of ether oxygens (including phenoxy) is 2. The van der Waals surface area contributed by atoms with Gasteiger partial charge >= 0.3 is 5.97 Å². The summed E-state index contributed by atoms with van der Waals surface area (Å²) in [7, 11) is 1.45. The summed E-state index contributed by atoms with van der Waals surface area (Å²) in [6, 6.07) is 0. The Balaban J connectivity index is 2.31. The number of hydrogen-bond donors (Lipinski definition) is 0. The molecule has 0 aromatic carbocycles. The molecule has 0 atom stereocenters. The zero-order valence-corrected chi connectivity index (χ0v) is 10.6. The highest BCUT2D eigenvalue weighted by atomic mass is 32.2. The van der Waals surface area contributed by atoms with Crippen molar-refractivity contribution in [2.24, 2.45) is 5.41 Å². The molecule has 0 saturated carbocycles. The van der Waals surface area contributed by atoms with Gasteiger partial charge in [0.1, 0.15) is 0 Å². The molecule has 1 saturated heterocycles. The number of carbonyl (C=O) groups excluding carboxylic acids is 1. The van der Waals surface area contributed by atoms with Crippen molar-refractivity contribution in [3.63, 3.8) is 0 Å². The van der Waals surface area contributed by atoms with E-state index in [1.54, 1.807) is 0 Å². The summed E-state index contributed by atoms with van der Waals surface area (Å²) in [6.07, 6.45) is 2.20. The summed E-state index contributed by atoms with van der Waals surface area (Å²) in [5.41, 5.74) is -0.377. The molecule has 0 aliphatic carbocycles. The number of esters is 1. The maximum Gasteiger partial charge on any atom is 0.312 e. The van der Waals surface area contributed by atoms with Crippen LogP contribution in [0.3, 0.4) is 0 Å². The van der Waals surface area contributed by atoms with Gasteiger partial charge < -0.3 is 9.47 Å². The molecular weight excluding hydrogens is 212 g/mol. The molecule has 0 radical (unpaired) electrons. The second-order valence-corrected chi connectivity index (χ2v) is 5.79. The van der Waals surface area contributed by atoms with Gasteiger partial charge in [0.15, 0.2) is 0 Å². The average Bonchev–Trinajstić information content (AvgIpc) is 2.27. The van der Waals surface area contributed by atoms with Gasteiger partial charge in [-0.2, -0.15) is 11.8 Å². The monoisotopic (exact) mass is 232 g/mol. The predicted octanol–water partition coefficient (Wildman–Crippen LogP) is 2.10. The van der Waals surface area contributed by atoms with Crippen LogP contribution in [0.25, 0.3) is 0 Å². The molecule has 0 spiro atoms. The molecule has 1 aliphatic rings. The van der Waals surface area contributed by atoms with Crippen LogP contribution in [0.4, 0.5) is 0 Å². The Labute approximate surface area is 95.9 Å². The highest BCUT2D eigenvalue weighted by molar-refractivity contribution is 7.99. The van der Waals surface area contributed by atoms with Crippen molar-refractivity contribution in [3.8, 4) is 0 Å². The Morgan fingerprint density at radius 1 is 1.47 bits per heavy atom. The van der Waals surface area contributed by atoms with Gasteiger partial charge in [-0.05, 0) is 26.7 Å². The minimum absolute atomic E-state index is 0.123. The maximum absolute atomic E-state index is 11.4. The number of rotatable bonds is 4. The van der Waals surface area contributed by atoms with Gasteiger partial charge in [0, 0.05) is 24.2 Å². The first-order valence-corrected chi connectivity index (χ1v) is 6.39. The number of carbonyl (C=O) groups is 1. The van der Waals surface area contributed by atoms with Gasteiger partial charge in [-0.3, -0.25) is 4.79 Å². The molecule has 3 nitrogen and oxygen atoms in total. The zero-order valence-electron chi connectivity index (χ0n) is 9.75. The van der Waals surface area contributed by atoms with Crippen LogP contribution in [0.2, 0.25) is 0 Å². The van der Waals surface area contributed by atoms with Gasteiger partial charge in [-0.1, -0.05) is 0 Å². The van der Waals surface area contributed by atoms with E-state index in [9.17, 15) is 4.79 Å². The quantitative estimate of drug-likeness (QED) is 0.695. The van der Waals surface area contributed by atoms with E-state index in [4.69, 9.17) is 9.47 Å². The van der Waals surface area contributed by atoms with E-state index in [0.29, 0.717) is 5.25 Å². The largest absolute Gasteiger partial charge is 0.469 e. The molecule has 88 valence electrons. The Morgan fingerprint density at radius 3 is 2.60 bits per heavy atom. The van der Waals surface area contributed by atoms with Crippen LogP contribution >= 0.6 is 11.8 Å². The Morgan fingerprint density at radius 2 is 2.07 bits per heavy atom. The molecule has 0 amide bonds. The van der Waals surface area contributed by atoms with Crippen LogP contribution in [-0.2, 0) is 14.3 Å². The van der Waals surface area contributed by atoms with E-state index >= 15 is 0 Å². The van der Waals surface area contributed by atoms with Crippen LogP contribution in [0.15, 0.2) is 0 Å². The fraction of sp³-hybridized carbons (Fsp3) is 0.909. The highest BCUT2D eigenvalue weighted by Crippen LogP contribution is 2.29. The lowest BCUT2D eigenvalue weighted by molar-refractivity contribution is -0.149. The number of thioether (sulfide) groups is 1. The topological polar surface area (TPSA) is 35.5 Å². The molecule has 0 aromatic heterocycles. The summed E-state index contributed by atoms with van der Waals surface area (Å²) in [4.78, 5) is 11.4. The Bertz CT molecular complexity index is 210. The van der Waals surface area contributed by atoms with Crippen LogP contribution < -0.4 is 0 Å². The lowest BCUT2D eigenvalue weighted by Gasteiger charge is -2.26. The van der Waals surface area contributed by atoms with Crippen LogP contribution in [0.5, 0.6) is 0 Å². The van der Waals surface area contributed by atoms with Crippen molar-refractivity contribution in [2.75, 3.05) is 26.1 Å². The van der Waals surface area contributed by atoms with Crippen molar-refractivity contribution in [1.29, 1.82) is 0 Å². The summed E-state index contributed by atoms with van der Waals surface area (Å²) in [5, 5.41) is 0.641. The number of methoxy groups -OCH3 is 1. The highest BCUT2D eigenvalue weighted by Gasteiger charge is 2.30. The fourth-order valence-corrected chi connectivity index (χ4v) is 2.80. The summed E-state index contributed by atoms with van der Waals surface area (Å²) >= 11 is 1.87. The third-order valence-electron chi connectivity index (χ3n) is 2.59. The average molecular weight is 232 g/mol. The van der Waals surface area contributed by atoms with Crippen LogP contribution in [0, 0.1) is 5.41 Å². The predicted molar refractivity (Wildman–Crippen MR) is 62.1 cm³/mol. The van der Waals surface area contributed by atoms with Gasteiger partial charge in [0.05, 0.1) is 12.5 Å². The van der Waals surface area contributed by atoms with Crippen molar-refractivity contribution >= 4 is 17.7 Å². The SMILES string of the molecule is COC(=O)C(C)(C)CSC1CCOCC1. The molecule has 1 aliphatic heterocycles. The molecule has 0 aromatic rings. The van der Waals surface area contributed by atoms with E-state index in [1.165, 1.54) is 7.11 Å². The molecule has 0 N–H and O–H groups in total. The second kappa shape index (κ2) is 5.75. The third-order valence-corrected chi connectivity index (χ3v) is 4.42. The van der Waals surface area contributed by atoms with Crippen molar-refractivity contribution in [2.45, 2.75) is 31.9 Å². The number of hydrogen-bond acceptors (Lipinski definition) is 4. The standard InChI is InChI=1S/C11H20O3S/c1-11(2,10(12)13-3)8-15-9-4-6-14-7-5-9/h9H,4-8H2,1-3H3.